The van der Waals surface area contributed by atoms with Crippen molar-refractivity contribution in [2.45, 2.75) is 12.5 Å². The second-order valence-electron chi connectivity index (χ2n) is 3.71. The average Bonchev–Trinajstić information content (AvgIpc) is 2.64. The fourth-order valence-electron chi connectivity index (χ4n) is 1.60. The molecule has 6 heteroatoms. The summed E-state index contributed by atoms with van der Waals surface area (Å²) in [6.07, 6.45) is -0.413. The minimum absolute atomic E-state index is 0.339. The Balaban J connectivity index is 2.24. The molecule has 1 aromatic carbocycles. The second-order valence-corrected chi connectivity index (χ2v) is 6.78. The van der Waals surface area contributed by atoms with Crippen LogP contribution in [-0.2, 0) is 6.42 Å². The number of thiophene rings is 1. The van der Waals surface area contributed by atoms with Crippen molar-refractivity contribution in [2.24, 2.45) is 0 Å². The number of aliphatic hydroxyl groups excluding tert-OH is 1. The van der Waals surface area contributed by atoms with E-state index in [9.17, 15) is 5.11 Å². The SMILES string of the molecule is OC(Cc1cccc(Cl)c1Cl)c1cc(Cl)sc1Cl. The summed E-state index contributed by atoms with van der Waals surface area (Å²) in [5.74, 6) is 0. The van der Waals surface area contributed by atoms with Gasteiger partial charge >= 0.3 is 0 Å². The van der Waals surface area contributed by atoms with Gasteiger partial charge in [-0.25, -0.2) is 0 Å². The first-order valence-corrected chi connectivity index (χ1v) is 7.37. The Bertz CT molecular complexity index is 567. The molecule has 1 atom stereocenters. The molecule has 0 spiro atoms. The summed E-state index contributed by atoms with van der Waals surface area (Å²) in [7, 11) is 0. The van der Waals surface area contributed by atoms with Crippen molar-refractivity contribution in [3.8, 4) is 0 Å². The summed E-state index contributed by atoms with van der Waals surface area (Å²) < 4.78 is 1.04. The third kappa shape index (κ3) is 3.13. The first-order valence-electron chi connectivity index (χ1n) is 5.04. The van der Waals surface area contributed by atoms with Gasteiger partial charge < -0.3 is 5.11 Å². The summed E-state index contributed by atoms with van der Waals surface area (Å²) in [5, 5.41) is 11.1. The third-order valence-electron chi connectivity index (χ3n) is 2.49. The fraction of sp³-hybridized carbons (Fsp3) is 0.167. The van der Waals surface area contributed by atoms with Crippen molar-refractivity contribution in [3.63, 3.8) is 0 Å². The first-order chi connectivity index (χ1) is 8.49. The molecule has 1 N–H and O–H groups in total. The van der Waals surface area contributed by atoms with Gasteiger partial charge in [-0.15, -0.1) is 11.3 Å². The number of halogens is 4. The van der Waals surface area contributed by atoms with Crippen molar-refractivity contribution in [1.29, 1.82) is 0 Å². The summed E-state index contributed by atoms with van der Waals surface area (Å²) in [6, 6.07) is 6.98. The molecular formula is C12H8Cl4OS. The molecule has 0 radical (unpaired) electrons. The third-order valence-corrected chi connectivity index (χ3v) is 4.86. The van der Waals surface area contributed by atoms with E-state index in [2.05, 4.69) is 0 Å². The molecule has 1 unspecified atom stereocenters. The second kappa shape index (κ2) is 6.00. The van der Waals surface area contributed by atoms with E-state index in [-0.39, 0.29) is 0 Å². The molecule has 0 aliphatic carbocycles. The van der Waals surface area contributed by atoms with E-state index in [4.69, 9.17) is 46.4 Å². The van der Waals surface area contributed by atoms with E-state index in [0.29, 0.717) is 30.7 Å². The molecule has 0 amide bonds. The van der Waals surface area contributed by atoms with Gasteiger partial charge in [0.05, 0.1) is 20.5 Å². The van der Waals surface area contributed by atoms with Gasteiger partial charge in [-0.3, -0.25) is 0 Å². The van der Waals surface area contributed by atoms with Crippen LogP contribution < -0.4 is 0 Å². The van der Waals surface area contributed by atoms with E-state index in [1.807, 2.05) is 6.07 Å². The lowest BCUT2D eigenvalue weighted by Gasteiger charge is -2.11. The van der Waals surface area contributed by atoms with Crippen LogP contribution in [0.5, 0.6) is 0 Å². The average molecular weight is 342 g/mol. The molecule has 18 heavy (non-hydrogen) atoms. The van der Waals surface area contributed by atoms with E-state index in [1.54, 1.807) is 18.2 Å². The molecule has 1 nitrogen and oxygen atoms in total. The molecule has 2 rings (SSSR count). The predicted octanol–water partition coefficient (Wildman–Crippen LogP) is 5.64. The molecule has 0 saturated carbocycles. The van der Waals surface area contributed by atoms with Gasteiger partial charge in [-0.2, -0.15) is 0 Å². The molecule has 0 aliphatic heterocycles. The Morgan fingerprint density at radius 2 is 1.89 bits per heavy atom. The molecular weight excluding hydrogens is 334 g/mol. The first kappa shape index (κ1) is 14.4. The molecule has 1 aromatic heterocycles. The zero-order valence-electron chi connectivity index (χ0n) is 8.96. The molecule has 0 aliphatic rings. The number of benzene rings is 1. The zero-order chi connectivity index (χ0) is 13.3. The van der Waals surface area contributed by atoms with Gasteiger partial charge in [-0.05, 0) is 17.7 Å². The van der Waals surface area contributed by atoms with Gasteiger partial charge in [0, 0.05) is 12.0 Å². The Labute approximate surface area is 129 Å². The highest BCUT2D eigenvalue weighted by Gasteiger charge is 2.17. The summed E-state index contributed by atoms with van der Waals surface area (Å²) >= 11 is 25.1. The Kier molecular flexibility index (Phi) is 4.81. The van der Waals surface area contributed by atoms with Gasteiger partial charge in [0.25, 0.3) is 0 Å². The summed E-state index contributed by atoms with van der Waals surface area (Å²) in [4.78, 5) is 0. The lowest BCUT2D eigenvalue weighted by atomic mass is 10.0. The minimum Gasteiger partial charge on any atom is -0.388 e. The monoisotopic (exact) mass is 340 g/mol. The number of hydrogen-bond acceptors (Lipinski definition) is 2. The van der Waals surface area contributed by atoms with Gasteiger partial charge in [-0.1, -0.05) is 58.5 Å². The largest absolute Gasteiger partial charge is 0.388 e. The summed E-state index contributed by atoms with van der Waals surface area (Å²) in [6.45, 7) is 0. The zero-order valence-corrected chi connectivity index (χ0v) is 12.8. The molecule has 96 valence electrons. The minimum atomic E-state index is -0.753. The smallest absolute Gasteiger partial charge is 0.100 e. The Morgan fingerprint density at radius 3 is 2.50 bits per heavy atom. The molecule has 0 fully saturated rings. The van der Waals surface area contributed by atoms with Crippen LogP contribution in [0.2, 0.25) is 18.7 Å². The number of rotatable bonds is 3. The van der Waals surface area contributed by atoms with Crippen molar-refractivity contribution >= 4 is 57.7 Å². The highest BCUT2D eigenvalue weighted by Crippen LogP contribution is 2.37. The van der Waals surface area contributed by atoms with Crippen LogP contribution in [0, 0.1) is 0 Å². The lowest BCUT2D eigenvalue weighted by Crippen LogP contribution is -2.01. The number of aliphatic hydroxyl groups is 1. The van der Waals surface area contributed by atoms with Gasteiger partial charge in [0.15, 0.2) is 0 Å². The summed E-state index contributed by atoms with van der Waals surface area (Å²) in [5.41, 5.74) is 1.39. The highest BCUT2D eigenvalue weighted by atomic mass is 35.5. The topological polar surface area (TPSA) is 20.2 Å². The van der Waals surface area contributed by atoms with Gasteiger partial charge in [0.2, 0.25) is 0 Å². The van der Waals surface area contributed by atoms with Crippen LogP contribution in [0.1, 0.15) is 17.2 Å². The maximum absolute atomic E-state index is 10.1. The molecule has 2 aromatic rings. The van der Waals surface area contributed by atoms with Crippen LogP contribution in [0.15, 0.2) is 24.3 Å². The lowest BCUT2D eigenvalue weighted by molar-refractivity contribution is 0.179. The molecule has 0 saturated heterocycles. The quantitative estimate of drug-likeness (QED) is 0.766. The normalized spacial score (nSPS) is 12.7. The van der Waals surface area contributed by atoms with Crippen molar-refractivity contribution in [2.75, 3.05) is 0 Å². The van der Waals surface area contributed by atoms with Gasteiger partial charge in [0.1, 0.15) is 4.34 Å². The molecule has 1 heterocycles. The van der Waals surface area contributed by atoms with E-state index in [0.717, 1.165) is 5.56 Å². The highest BCUT2D eigenvalue weighted by molar-refractivity contribution is 7.20. The van der Waals surface area contributed by atoms with E-state index >= 15 is 0 Å². The maximum Gasteiger partial charge on any atom is 0.100 e. The van der Waals surface area contributed by atoms with Crippen LogP contribution >= 0.6 is 57.7 Å². The van der Waals surface area contributed by atoms with Crippen LogP contribution in [-0.4, -0.2) is 5.11 Å². The van der Waals surface area contributed by atoms with Crippen molar-refractivity contribution < 1.29 is 5.11 Å². The number of hydrogen-bond donors (Lipinski definition) is 1. The van der Waals surface area contributed by atoms with E-state index < -0.39 is 6.10 Å². The molecule has 0 bridgehead atoms. The fourth-order valence-corrected chi connectivity index (χ4v) is 3.57. The van der Waals surface area contributed by atoms with Crippen LogP contribution in [0.25, 0.3) is 0 Å². The Morgan fingerprint density at radius 1 is 1.17 bits per heavy atom. The van der Waals surface area contributed by atoms with Crippen molar-refractivity contribution in [1.82, 2.24) is 0 Å². The predicted molar refractivity (Wildman–Crippen MR) is 79.5 cm³/mol. The van der Waals surface area contributed by atoms with Crippen LogP contribution in [0.4, 0.5) is 0 Å². The van der Waals surface area contributed by atoms with E-state index in [1.165, 1.54) is 11.3 Å². The standard InChI is InChI=1S/C12H8Cl4OS/c13-8-3-1-2-6(11(8)15)4-9(17)7-5-10(14)18-12(7)16/h1-3,5,9,17H,4H2. The maximum atomic E-state index is 10.1. The Hall–Kier alpha value is 0.0400. The van der Waals surface area contributed by atoms with Crippen molar-refractivity contribution in [3.05, 3.63) is 54.1 Å². The van der Waals surface area contributed by atoms with Crippen LogP contribution in [0.3, 0.4) is 0 Å².